The first-order valence-corrected chi connectivity index (χ1v) is 7.78. The van der Waals surface area contributed by atoms with Crippen molar-refractivity contribution < 1.29 is 9.53 Å². The van der Waals surface area contributed by atoms with E-state index in [0.717, 1.165) is 0 Å². The van der Waals surface area contributed by atoms with Crippen LogP contribution in [0, 0.1) is 4.77 Å². The summed E-state index contributed by atoms with van der Waals surface area (Å²) in [5, 5.41) is 3.41. The number of nitrogens with one attached hydrogen (secondary N) is 2. The highest BCUT2D eigenvalue weighted by Crippen LogP contribution is 2.12. The summed E-state index contributed by atoms with van der Waals surface area (Å²) in [7, 11) is 1.59. The molecule has 0 unspecified atom stereocenters. The van der Waals surface area contributed by atoms with Crippen LogP contribution >= 0.6 is 12.2 Å². The number of rotatable bonds is 5. The quantitative estimate of drug-likeness (QED) is 0.822. The van der Waals surface area contributed by atoms with Crippen LogP contribution in [-0.2, 0) is 11.3 Å². The second-order valence-electron chi connectivity index (χ2n) is 6.01. The number of aromatic nitrogens is 2. The van der Waals surface area contributed by atoms with Gasteiger partial charge in [-0.25, -0.2) is 0 Å². The molecule has 1 heterocycles. The predicted molar refractivity (Wildman–Crippen MR) is 92.5 cm³/mol. The van der Waals surface area contributed by atoms with Crippen molar-refractivity contribution in [3.63, 3.8) is 0 Å². The maximum absolute atomic E-state index is 12.4. The van der Waals surface area contributed by atoms with Crippen LogP contribution in [0.25, 0.3) is 10.9 Å². The third kappa shape index (κ3) is 3.68. The van der Waals surface area contributed by atoms with Gasteiger partial charge in [-0.2, -0.15) is 0 Å². The van der Waals surface area contributed by atoms with Gasteiger partial charge in [-0.3, -0.25) is 14.2 Å². The van der Waals surface area contributed by atoms with Crippen molar-refractivity contribution in [3.05, 3.63) is 38.9 Å². The number of aromatic amines is 1. The van der Waals surface area contributed by atoms with Gasteiger partial charge in [0.1, 0.15) is 0 Å². The lowest BCUT2D eigenvalue weighted by atomic mass is 10.1. The third-order valence-corrected chi connectivity index (χ3v) is 3.84. The van der Waals surface area contributed by atoms with E-state index in [0.29, 0.717) is 34.4 Å². The Morgan fingerprint density at radius 2 is 2.13 bits per heavy atom. The molecule has 1 amide bonds. The molecule has 23 heavy (non-hydrogen) atoms. The van der Waals surface area contributed by atoms with Crippen LogP contribution in [0.2, 0.25) is 0 Å². The number of nitrogens with zero attached hydrogens (tertiary/aromatic N) is 1. The number of hydrogen-bond acceptors (Lipinski definition) is 4. The first kappa shape index (κ1) is 17.4. The average Bonchev–Trinajstić information content (AvgIpc) is 2.46. The molecule has 7 heteroatoms. The Morgan fingerprint density at radius 3 is 2.74 bits per heavy atom. The van der Waals surface area contributed by atoms with E-state index in [9.17, 15) is 9.59 Å². The molecule has 0 aliphatic rings. The van der Waals surface area contributed by atoms with Gasteiger partial charge >= 0.3 is 0 Å². The molecule has 1 aromatic carbocycles. The van der Waals surface area contributed by atoms with E-state index in [4.69, 9.17) is 17.0 Å². The normalized spacial score (nSPS) is 11.7. The molecule has 0 saturated carbocycles. The van der Waals surface area contributed by atoms with Gasteiger partial charge in [0.15, 0.2) is 4.77 Å². The zero-order chi connectivity index (χ0) is 17.2. The highest BCUT2D eigenvalue weighted by molar-refractivity contribution is 7.71. The summed E-state index contributed by atoms with van der Waals surface area (Å²) in [6.45, 7) is 6.51. The molecule has 0 saturated heterocycles. The highest BCUT2D eigenvalue weighted by Gasteiger charge is 2.21. The number of carbonyl (C=O) groups is 1. The van der Waals surface area contributed by atoms with Gasteiger partial charge in [0.25, 0.3) is 11.5 Å². The second-order valence-corrected chi connectivity index (χ2v) is 6.40. The van der Waals surface area contributed by atoms with E-state index in [1.165, 1.54) is 4.57 Å². The Bertz CT molecular complexity index is 852. The fourth-order valence-corrected chi connectivity index (χ4v) is 2.78. The number of amides is 1. The Balaban J connectivity index is 2.43. The number of hydrogen-bond donors (Lipinski definition) is 2. The summed E-state index contributed by atoms with van der Waals surface area (Å²) in [5.74, 6) is -0.229. The smallest absolute Gasteiger partial charge is 0.262 e. The summed E-state index contributed by atoms with van der Waals surface area (Å²) in [6.07, 6.45) is 0. The zero-order valence-electron chi connectivity index (χ0n) is 13.7. The lowest BCUT2D eigenvalue weighted by Gasteiger charge is -2.25. The van der Waals surface area contributed by atoms with Crippen molar-refractivity contribution in [2.24, 2.45) is 0 Å². The molecule has 2 rings (SSSR count). The lowest BCUT2D eigenvalue weighted by Crippen LogP contribution is -2.46. The second kappa shape index (κ2) is 6.64. The van der Waals surface area contributed by atoms with Crippen molar-refractivity contribution in [2.45, 2.75) is 32.9 Å². The Morgan fingerprint density at radius 1 is 1.43 bits per heavy atom. The Kier molecular flexibility index (Phi) is 5.01. The topological polar surface area (TPSA) is 76.1 Å². The van der Waals surface area contributed by atoms with Gasteiger partial charge < -0.3 is 15.0 Å². The number of ether oxygens (including phenoxy) is 1. The fourth-order valence-electron chi connectivity index (χ4n) is 2.46. The first-order valence-electron chi connectivity index (χ1n) is 7.37. The van der Waals surface area contributed by atoms with Crippen molar-refractivity contribution in [3.8, 4) is 0 Å². The number of carbonyl (C=O) groups excluding carboxylic acids is 1. The largest absolute Gasteiger partial charge is 0.382 e. The van der Waals surface area contributed by atoms with E-state index in [2.05, 4.69) is 10.3 Å². The zero-order valence-corrected chi connectivity index (χ0v) is 14.5. The number of H-pyrrole nitrogens is 1. The van der Waals surface area contributed by atoms with E-state index in [1.54, 1.807) is 25.3 Å². The van der Waals surface area contributed by atoms with Crippen LogP contribution in [0.1, 0.15) is 31.1 Å². The summed E-state index contributed by atoms with van der Waals surface area (Å²) in [4.78, 5) is 27.7. The maximum Gasteiger partial charge on any atom is 0.262 e. The maximum atomic E-state index is 12.4. The van der Waals surface area contributed by atoms with E-state index in [-0.39, 0.29) is 11.5 Å². The molecule has 0 radical (unpaired) electrons. The third-order valence-electron chi connectivity index (χ3n) is 3.52. The first-order chi connectivity index (χ1) is 10.8. The van der Waals surface area contributed by atoms with E-state index < -0.39 is 5.54 Å². The summed E-state index contributed by atoms with van der Waals surface area (Å²) < 4.78 is 6.93. The van der Waals surface area contributed by atoms with Gasteiger partial charge in [-0.15, -0.1) is 0 Å². The number of benzene rings is 1. The Labute approximate surface area is 139 Å². The van der Waals surface area contributed by atoms with Crippen LogP contribution in [0.3, 0.4) is 0 Å². The number of methoxy groups -OCH3 is 1. The van der Waals surface area contributed by atoms with Crippen LogP contribution in [0.4, 0.5) is 0 Å². The minimum absolute atomic E-state index is 0.155. The van der Waals surface area contributed by atoms with Crippen molar-refractivity contribution in [1.82, 2.24) is 14.9 Å². The standard InChI is InChI=1S/C16H21N3O3S/c1-5-19-14(21)11-7-6-10(8-12(11)17-15(19)23)13(20)18-16(2,3)9-22-4/h6-8H,5,9H2,1-4H3,(H,17,23)(H,18,20). The molecule has 124 valence electrons. The molecule has 0 bridgehead atoms. The van der Waals surface area contributed by atoms with Gasteiger partial charge in [-0.05, 0) is 51.2 Å². The summed E-state index contributed by atoms with van der Waals surface area (Å²) in [6, 6.07) is 4.93. The van der Waals surface area contributed by atoms with Crippen molar-refractivity contribution in [2.75, 3.05) is 13.7 Å². The molecule has 0 spiro atoms. The molecule has 0 aliphatic carbocycles. The van der Waals surface area contributed by atoms with Gasteiger partial charge in [0, 0.05) is 19.2 Å². The molecular weight excluding hydrogens is 314 g/mol. The molecule has 0 aliphatic heterocycles. The van der Waals surface area contributed by atoms with Crippen LogP contribution in [0.5, 0.6) is 0 Å². The van der Waals surface area contributed by atoms with Crippen molar-refractivity contribution in [1.29, 1.82) is 0 Å². The Hall–Kier alpha value is -1.99. The van der Waals surface area contributed by atoms with Crippen LogP contribution in [0.15, 0.2) is 23.0 Å². The van der Waals surface area contributed by atoms with Crippen LogP contribution < -0.4 is 10.9 Å². The van der Waals surface area contributed by atoms with E-state index >= 15 is 0 Å². The van der Waals surface area contributed by atoms with Gasteiger partial charge in [0.2, 0.25) is 0 Å². The molecule has 0 atom stereocenters. The average molecular weight is 335 g/mol. The SMILES string of the molecule is CCn1c(=S)[nH]c2cc(C(=O)NC(C)(C)COC)ccc2c1=O. The van der Waals surface area contributed by atoms with E-state index in [1.807, 2.05) is 20.8 Å². The predicted octanol–water partition coefficient (Wildman–Crippen LogP) is 2.23. The fraction of sp³-hybridized carbons (Fsp3) is 0.438. The monoisotopic (exact) mass is 335 g/mol. The lowest BCUT2D eigenvalue weighted by molar-refractivity contribution is 0.0820. The number of fused-ring (bicyclic) bond motifs is 1. The highest BCUT2D eigenvalue weighted by atomic mass is 32.1. The minimum atomic E-state index is -0.487. The molecule has 1 aromatic heterocycles. The summed E-state index contributed by atoms with van der Waals surface area (Å²) in [5.41, 5.74) is 0.375. The molecule has 0 fully saturated rings. The molecule has 6 nitrogen and oxygen atoms in total. The molecule has 2 aromatic rings. The molecular formula is C16H21N3O3S. The van der Waals surface area contributed by atoms with Crippen LogP contribution in [-0.4, -0.2) is 34.7 Å². The molecule has 2 N–H and O–H groups in total. The minimum Gasteiger partial charge on any atom is -0.382 e. The van der Waals surface area contributed by atoms with Gasteiger partial charge in [0.05, 0.1) is 23.0 Å². The van der Waals surface area contributed by atoms with Crippen molar-refractivity contribution >= 4 is 29.0 Å². The summed E-state index contributed by atoms with van der Waals surface area (Å²) >= 11 is 5.19. The van der Waals surface area contributed by atoms with Gasteiger partial charge in [-0.1, -0.05) is 0 Å².